The van der Waals surface area contributed by atoms with E-state index < -0.39 is 0 Å². The smallest absolute Gasteiger partial charge is 0.226 e. The Balaban J connectivity index is 1.49. The Morgan fingerprint density at radius 1 is 1.32 bits per heavy atom. The van der Waals surface area contributed by atoms with Gasteiger partial charge in [0.2, 0.25) is 5.89 Å². The van der Waals surface area contributed by atoms with E-state index in [1.165, 1.54) is 12.1 Å². The van der Waals surface area contributed by atoms with Gasteiger partial charge in [0, 0.05) is 31.7 Å². The maximum absolute atomic E-state index is 5.16. The van der Waals surface area contributed by atoms with Gasteiger partial charge in [-0.3, -0.25) is 4.90 Å². The van der Waals surface area contributed by atoms with Crippen LogP contribution in [0, 0.1) is 5.92 Å². The minimum atomic E-state index is 0.697. The summed E-state index contributed by atoms with van der Waals surface area (Å²) in [4.78, 5) is 9.15. The van der Waals surface area contributed by atoms with Crippen LogP contribution in [0.3, 0.4) is 0 Å². The average molecular weight is 300 g/mol. The first kappa shape index (κ1) is 15.0. The summed E-state index contributed by atoms with van der Waals surface area (Å²) in [6, 6.07) is 10.7. The van der Waals surface area contributed by atoms with Crippen molar-refractivity contribution in [1.82, 2.24) is 15.0 Å². The van der Waals surface area contributed by atoms with Crippen molar-refractivity contribution in [1.29, 1.82) is 0 Å². The third-order valence-electron chi connectivity index (χ3n) is 4.20. The van der Waals surface area contributed by atoms with Crippen LogP contribution >= 0.6 is 0 Å². The van der Waals surface area contributed by atoms with Crippen molar-refractivity contribution in [3.63, 3.8) is 0 Å². The Bertz CT molecular complexity index is 583. The number of aromatic nitrogens is 2. The number of benzene rings is 1. The summed E-state index contributed by atoms with van der Waals surface area (Å²) >= 11 is 0. The maximum atomic E-state index is 5.16. The van der Waals surface area contributed by atoms with E-state index in [2.05, 4.69) is 57.3 Å². The van der Waals surface area contributed by atoms with Gasteiger partial charge in [0.25, 0.3) is 0 Å². The summed E-state index contributed by atoms with van der Waals surface area (Å²) in [7, 11) is 2.13. The molecule has 3 rings (SSSR count). The Kier molecular flexibility index (Phi) is 4.73. The van der Waals surface area contributed by atoms with Crippen LogP contribution in [0.25, 0.3) is 0 Å². The van der Waals surface area contributed by atoms with Gasteiger partial charge >= 0.3 is 0 Å². The molecule has 0 amide bonds. The van der Waals surface area contributed by atoms with Crippen LogP contribution in [-0.4, -0.2) is 41.7 Å². The van der Waals surface area contributed by atoms with Gasteiger partial charge in [0.1, 0.15) is 0 Å². The van der Waals surface area contributed by atoms with Crippen molar-refractivity contribution in [2.45, 2.75) is 26.3 Å². The number of nitrogens with zero attached hydrogens (tertiary/aromatic N) is 4. The summed E-state index contributed by atoms with van der Waals surface area (Å²) in [5.41, 5.74) is 1.33. The molecule has 1 aliphatic rings. The number of rotatable bonds is 6. The van der Waals surface area contributed by atoms with Gasteiger partial charge in [-0.15, -0.1) is 0 Å². The Hall–Kier alpha value is -1.88. The van der Waals surface area contributed by atoms with Crippen molar-refractivity contribution in [2.75, 3.05) is 31.6 Å². The molecule has 5 nitrogen and oxygen atoms in total. The predicted molar refractivity (Wildman–Crippen MR) is 86.8 cm³/mol. The highest BCUT2D eigenvalue weighted by atomic mass is 16.5. The zero-order valence-corrected chi connectivity index (χ0v) is 13.4. The molecule has 5 heteroatoms. The number of para-hydroxylation sites is 1. The van der Waals surface area contributed by atoms with Gasteiger partial charge in [-0.1, -0.05) is 30.3 Å². The lowest BCUT2D eigenvalue weighted by Gasteiger charge is -2.21. The quantitative estimate of drug-likeness (QED) is 0.820. The summed E-state index contributed by atoms with van der Waals surface area (Å²) in [6.45, 7) is 6.12. The molecule has 1 unspecified atom stereocenters. The van der Waals surface area contributed by atoms with Crippen molar-refractivity contribution in [2.24, 2.45) is 5.92 Å². The molecule has 0 radical (unpaired) electrons. The first-order valence-corrected chi connectivity index (χ1v) is 8.04. The summed E-state index contributed by atoms with van der Waals surface area (Å²) < 4.78 is 5.16. The molecule has 0 bridgehead atoms. The fourth-order valence-corrected chi connectivity index (χ4v) is 3.10. The Morgan fingerprint density at radius 2 is 2.14 bits per heavy atom. The van der Waals surface area contributed by atoms with Crippen molar-refractivity contribution >= 4 is 5.69 Å². The third-order valence-corrected chi connectivity index (χ3v) is 4.20. The minimum Gasteiger partial charge on any atom is -0.371 e. The zero-order chi connectivity index (χ0) is 15.4. The van der Waals surface area contributed by atoms with Gasteiger partial charge in [-0.25, -0.2) is 0 Å². The van der Waals surface area contributed by atoms with Crippen molar-refractivity contribution in [3.8, 4) is 0 Å². The number of hydrogen-bond acceptors (Lipinski definition) is 5. The van der Waals surface area contributed by atoms with E-state index in [-0.39, 0.29) is 0 Å². The maximum Gasteiger partial charge on any atom is 0.226 e. The normalized spacial score (nSPS) is 18.3. The monoisotopic (exact) mass is 300 g/mol. The molecule has 1 atom stereocenters. The molecule has 22 heavy (non-hydrogen) atoms. The molecule has 1 aromatic heterocycles. The van der Waals surface area contributed by atoms with E-state index in [0.29, 0.717) is 5.92 Å². The van der Waals surface area contributed by atoms with Crippen molar-refractivity contribution < 1.29 is 4.52 Å². The van der Waals surface area contributed by atoms with E-state index in [0.717, 1.165) is 44.3 Å². The van der Waals surface area contributed by atoms with Gasteiger partial charge in [0.15, 0.2) is 5.82 Å². The molecule has 118 valence electrons. The topological polar surface area (TPSA) is 45.4 Å². The lowest BCUT2D eigenvalue weighted by molar-refractivity contribution is 0.268. The van der Waals surface area contributed by atoms with E-state index in [1.807, 2.05) is 6.92 Å². The standard InChI is InChI=1S/C17H24N4O/c1-3-17-18-16(19-22-17)13-20(2)11-14-9-10-21(12-14)15-7-5-4-6-8-15/h4-8,14H,3,9-13H2,1-2H3. The zero-order valence-electron chi connectivity index (χ0n) is 13.4. The second kappa shape index (κ2) is 6.92. The highest BCUT2D eigenvalue weighted by Gasteiger charge is 2.24. The molecule has 1 fully saturated rings. The summed E-state index contributed by atoms with van der Waals surface area (Å²) in [5.74, 6) is 2.21. The fraction of sp³-hybridized carbons (Fsp3) is 0.529. The SMILES string of the molecule is CCc1nc(CN(C)CC2CCN(c3ccccc3)C2)no1. The van der Waals surface area contributed by atoms with Crippen LogP contribution in [0.5, 0.6) is 0 Å². The molecule has 0 aliphatic carbocycles. The molecule has 1 saturated heterocycles. The first-order chi connectivity index (χ1) is 10.7. The van der Waals surface area contributed by atoms with Crippen LogP contribution in [0.1, 0.15) is 25.1 Å². The molecular weight excluding hydrogens is 276 g/mol. The molecule has 0 spiro atoms. The van der Waals surface area contributed by atoms with E-state index in [1.54, 1.807) is 0 Å². The second-order valence-electron chi connectivity index (χ2n) is 6.09. The highest BCUT2D eigenvalue weighted by molar-refractivity contribution is 5.46. The van der Waals surface area contributed by atoms with Crippen LogP contribution < -0.4 is 4.90 Å². The Labute approximate surface area is 131 Å². The molecular formula is C17H24N4O. The number of anilines is 1. The number of aryl methyl sites for hydroxylation is 1. The van der Waals surface area contributed by atoms with Gasteiger partial charge in [-0.2, -0.15) is 4.98 Å². The average Bonchev–Trinajstić information content (AvgIpc) is 3.17. The third kappa shape index (κ3) is 3.65. The molecule has 1 aliphatic heterocycles. The fourth-order valence-electron chi connectivity index (χ4n) is 3.10. The lowest BCUT2D eigenvalue weighted by Crippen LogP contribution is -2.28. The van der Waals surface area contributed by atoms with E-state index in [4.69, 9.17) is 4.52 Å². The molecule has 1 aromatic carbocycles. The molecule has 0 saturated carbocycles. The molecule has 2 aromatic rings. The van der Waals surface area contributed by atoms with Gasteiger partial charge in [0.05, 0.1) is 6.54 Å². The number of hydrogen-bond donors (Lipinski definition) is 0. The van der Waals surface area contributed by atoms with Gasteiger partial charge < -0.3 is 9.42 Å². The highest BCUT2D eigenvalue weighted by Crippen LogP contribution is 2.24. The van der Waals surface area contributed by atoms with Crippen LogP contribution in [-0.2, 0) is 13.0 Å². The van der Waals surface area contributed by atoms with E-state index >= 15 is 0 Å². The first-order valence-electron chi connectivity index (χ1n) is 8.04. The van der Waals surface area contributed by atoms with E-state index in [9.17, 15) is 0 Å². The minimum absolute atomic E-state index is 0.697. The second-order valence-corrected chi connectivity index (χ2v) is 6.09. The van der Waals surface area contributed by atoms with Gasteiger partial charge in [-0.05, 0) is 31.5 Å². The van der Waals surface area contributed by atoms with Crippen molar-refractivity contribution in [3.05, 3.63) is 42.0 Å². The molecule has 2 heterocycles. The summed E-state index contributed by atoms with van der Waals surface area (Å²) in [6.07, 6.45) is 2.04. The largest absolute Gasteiger partial charge is 0.371 e. The summed E-state index contributed by atoms with van der Waals surface area (Å²) in [5, 5.41) is 4.03. The van der Waals surface area contributed by atoms with Crippen LogP contribution in [0.15, 0.2) is 34.9 Å². The Morgan fingerprint density at radius 3 is 2.86 bits per heavy atom. The lowest BCUT2D eigenvalue weighted by atomic mass is 10.1. The van der Waals surface area contributed by atoms with Crippen LogP contribution in [0.2, 0.25) is 0 Å². The van der Waals surface area contributed by atoms with Crippen LogP contribution in [0.4, 0.5) is 5.69 Å². The predicted octanol–water partition coefficient (Wildman–Crippen LogP) is 2.59. The molecule has 0 N–H and O–H groups in total.